The highest BCUT2D eigenvalue weighted by Crippen LogP contribution is 2.45. The van der Waals surface area contributed by atoms with Crippen molar-refractivity contribution in [3.8, 4) is 0 Å². The minimum absolute atomic E-state index is 0.0119. The van der Waals surface area contributed by atoms with E-state index in [0.717, 1.165) is 30.6 Å². The van der Waals surface area contributed by atoms with Gasteiger partial charge in [-0.25, -0.2) is 0 Å². The Morgan fingerprint density at radius 1 is 1.19 bits per heavy atom. The van der Waals surface area contributed by atoms with Crippen LogP contribution in [0.5, 0.6) is 0 Å². The summed E-state index contributed by atoms with van der Waals surface area (Å²) in [5.74, 6) is 0.218. The maximum atomic E-state index is 12.5. The first kappa shape index (κ1) is 17.5. The van der Waals surface area contributed by atoms with E-state index in [9.17, 15) is 14.9 Å². The zero-order valence-electron chi connectivity index (χ0n) is 15.6. The molecule has 2 aliphatic heterocycles. The van der Waals surface area contributed by atoms with Crippen LogP contribution in [-0.4, -0.2) is 22.3 Å². The van der Waals surface area contributed by atoms with Crippen LogP contribution in [0.2, 0.25) is 0 Å². The number of nitrogens with zero attached hydrogens (tertiary/aromatic N) is 2. The third kappa shape index (κ3) is 3.16. The molecule has 4 rings (SSSR count). The van der Waals surface area contributed by atoms with E-state index in [1.165, 1.54) is 16.7 Å². The Labute approximate surface area is 158 Å². The van der Waals surface area contributed by atoms with E-state index in [2.05, 4.69) is 31.3 Å². The summed E-state index contributed by atoms with van der Waals surface area (Å²) in [5, 5.41) is 14.5. The summed E-state index contributed by atoms with van der Waals surface area (Å²) in [6, 6.07) is 11.1. The van der Waals surface area contributed by atoms with Gasteiger partial charge >= 0.3 is 0 Å². The Bertz CT molecular complexity index is 908. The van der Waals surface area contributed by atoms with Crippen molar-refractivity contribution in [2.75, 3.05) is 11.9 Å². The fraction of sp³-hybridized carbons (Fsp3) is 0.381. The summed E-state index contributed by atoms with van der Waals surface area (Å²) < 4.78 is 0. The van der Waals surface area contributed by atoms with E-state index in [1.807, 2.05) is 17.0 Å². The minimum atomic E-state index is -0.383. The predicted octanol–water partition coefficient (Wildman–Crippen LogP) is 4.43. The van der Waals surface area contributed by atoms with E-state index >= 15 is 0 Å². The molecule has 2 aromatic rings. The lowest BCUT2D eigenvalue weighted by Crippen LogP contribution is -2.36. The van der Waals surface area contributed by atoms with Crippen LogP contribution in [0.3, 0.4) is 0 Å². The Balaban J connectivity index is 1.74. The first-order valence-electron chi connectivity index (χ1n) is 9.35. The van der Waals surface area contributed by atoms with Crippen molar-refractivity contribution in [2.24, 2.45) is 0 Å². The van der Waals surface area contributed by atoms with Gasteiger partial charge in [0.05, 0.1) is 17.0 Å². The Hall–Kier alpha value is -2.89. The van der Waals surface area contributed by atoms with Crippen LogP contribution in [0, 0.1) is 24.0 Å². The van der Waals surface area contributed by atoms with Crippen molar-refractivity contribution in [1.82, 2.24) is 4.90 Å². The molecule has 140 valence electrons. The number of carbonyl (C=O) groups excluding carboxylic acids is 1. The molecule has 1 saturated heterocycles. The number of rotatable bonds is 3. The van der Waals surface area contributed by atoms with Gasteiger partial charge in [0.15, 0.2) is 0 Å². The molecule has 2 aromatic carbocycles. The Morgan fingerprint density at radius 2 is 1.93 bits per heavy atom. The van der Waals surface area contributed by atoms with Gasteiger partial charge < -0.3 is 10.2 Å². The molecule has 6 nitrogen and oxygen atoms in total. The lowest BCUT2D eigenvalue weighted by atomic mass is 9.85. The molecule has 0 aliphatic carbocycles. The number of aryl methyl sites for hydroxylation is 2. The monoisotopic (exact) mass is 365 g/mol. The Kier molecular flexibility index (Phi) is 4.34. The topological polar surface area (TPSA) is 75.5 Å². The van der Waals surface area contributed by atoms with Crippen molar-refractivity contribution in [1.29, 1.82) is 0 Å². The highest BCUT2D eigenvalue weighted by atomic mass is 16.6. The average molecular weight is 365 g/mol. The van der Waals surface area contributed by atoms with Crippen molar-refractivity contribution in [2.45, 2.75) is 45.2 Å². The van der Waals surface area contributed by atoms with Crippen molar-refractivity contribution < 1.29 is 9.72 Å². The van der Waals surface area contributed by atoms with E-state index in [1.54, 1.807) is 12.1 Å². The number of nitro groups is 1. The molecule has 1 N–H and O–H groups in total. The lowest BCUT2D eigenvalue weighted by Gasteiger charge is -2.39. The van der Waals surface area contributed by atoms with Gasteiger partial charge in [0.1, 0.15) is 0 Å². The second-order valence-corrected chi connectivity index (χ2v) is 7.53. The van der Waals surface area contributed by atoms with Gasteiger partial charge in [-0.3, -0.25) is 14.9 Å². The van der Waals surface area contributed by atoms with Crippen LogP contribution in [-0.2, 0) is 4.79 Å². The second-order valence-electron chi connectivity index (χ2n) is 7.53. The molecule has 1 fully saturated rings. The molecule has 2 heterocycles. The number of benzene rings is 2. The van der Waals surface area contributed by atoms with E-state index in [0.29, 0.717) is 6.42 Å². The largest absolute Gasteiger partial charge is 0.378 e. The third-order valence-electron chi connectivity index (χ3n) is 5.65. The fourth-order valence-corrected chi connectivity index (χ4v) is 4.46. The molecule has 1 amide bonds. The van der Waals surface area contributed by atoms with Gasteiger partial charge in [-0.2, -0.15) is 0 Å². The molecule has 0 spiro atoms. The van der Waals surface area contributed by atoms with Crippen LogP contribution < -0.4 is 5.32 Å². The van der Waals surface area contributed by atoms with Crippen molar-refractivity contribution in [3.05, 3.63) is 68.8 Å². The zero-order chi connectivity index (χ0) is 19.1. The molecule has 6 heteroatoms. The number of likely N-dealkylation sites (tertiary alicyclic amines) is 1. The van der Waals surface area contributed by atoms with Crippen molar-refractivity contribution in [3.63, 3.8) is 0 Å². The van der Waals surface area contributed by atoms with Gasteiger partial charge in [-0.1, -0.05) is 18.2 Å². The highest BCUT2D eigenvalue weighted by molar-refractivity contribution is 5.79. The molecule has 0 aromatic heterocycles. The number of nitrogens with one attached hydrogen (secondary N) is 1. The second kappa shape index (κ2) is 6.68. The third-order valence-corrected chi connectivity index (χ3v) is 5.65. The molecular weight excluding hydrogens is 342 g/mol. The van der Waals surface area contributed by atoms with Gasteiger partial charge in [0.2, 0.25) is 5.91 Å². The average Bonchev–Trinajstić information content (AvgIpc) is 3.06. The number of carbonyl (C=O) groups is 1. The summed E-state index contributed by atoms with van der Waals surface area (Å²) in [6.07, 6.45) is 2.29. The van der Waals surface area contributed by atoms with Gasteiger partial charge in [0.25, 0.3) is 5.69 Å². The summed E-state index contributed by atoms with van der Waals surface area (Å²) in [6.45, 7) is 4.97. The van der Waals surface area contributed by atoms with Crippen LogP contribution in [0.4, 0.5) is 11.4 Å². The smallest absolute Gasteiger partial charge is 0.269 e. The quantitative estimate of drug-likeness (QED) is 0.645. The van der Waals surface area contributed by atoms with Crippen molar-refractivity contribution >= 4 is 17.3 Å². The molecule has 2 atom stereocenters. The molecule has 0 unspecified atom stereocenters. The molecule has 0 saturated carbocycles. The molecule has 0 bridgehead atoms. The fourth-order valence-electron chi connectivity index (χ4n) is 4.46. The van der Waals surface area contributed by atoms with Crippen LogP contribution in [0.1, 0.15) is 53.6 Å². The van der Waals surface area contributed by atoms with E-state index in [-0.39, 0.29) is 28.6 Å². The standard InChI is InChI=1S/C21H23N3O3/c1-13-10-14(2)21-18(11-13)22-17(12-19(21)23-9-3-4-20(23)25)15-5-7-16(8-6-15)24(26)27/h5-8,10-11,17,19,22H,3-4,9,12H2,1-2H3/t17-,19-/m0/s1. The van der Waals surface area contributed by atoms with Crippen LogP contribution in [0.25, 0.3) is 0 Å². The SMILES string of the molecule is Cc1cc(C)c2c(c1)N[C@H](c1ccc([N+](=O)[O-])cc1)C[C@@H]2N1CCCC1=O. The number of nitro benzene ring substituents is 1. The lowest BCUT2D eigenvalue weighted by molar-refractivity contribution is -0.384. The summed E-state index contributed by atoms with van der Waals surface area (Å²) in [5.41, 5.74) is 5.73. The molecular formula is C21H23N3O3. The number of amides is 1. The number of anilines is 1. The minimum Gasteiger partial charge on any atom is -0.378 e. The predicted molar refractivity (Wildman–Crippen MR) is 104 cm³/mol. The van der Waals surface area contributed by atoms with E-state index < -0.39 is 0 Å². The number of fused-ring (bicyclic) bond motifs is 1. The van der Waals surface area contributed by atoms with Gasteiger partial charge in [0, 0.05) is 36.3 Å². The first-order chi connectivity index (χ1) is 12.9. The highest BCUT2D eigenvalue weighted by Gasteiger charge is 2.36. The number of hydrogen-bond donors (Lipinski definition) is 1. The summed E-state index contributed by atoms with van der Waals surface area (Å²) in [4.78, 5) is 25.0. The zero-order valence-corrected chi connectivity index (χ0v) is 15.6. The van der Waals surface area contributed by atoms with Crippen LogP contribution >= 0.6 is 0 Å². The maximum absolute atomic E-state index is 12.5. The Morgan fingerprint density at radius 3 is 2.56 bits per heavy atom. The molecule has 0 radical (unpaired) electrons. The molecule has 2 aliphatic rings. The molecule has 27 heavy (non-hydrogen) atoms. The van der Waals surface area contributed by atoms with Gasteiger partial charge in [-0.15, -0.1) is 0 Å². The summed E-state index contributed by atoms with van der Waals surface area (Å²) >= 11 is 0. The number of non-ortho nitro benzene ring substituents is 1. The van der Waals surface area contributed by atoms with E-state index in [4.69, 9.17) is 0 Å². The number of hydrogen-bond acceptors (Lipinski definition) is 4. The first-order valence-corrected chi connectivity index (χ1v) is 9.35. The summed E-state index contributed by atoms with van der Waals surface area (Å²) in [7, 11) is 0. The van der Waals surface area contributed by atoms with Gasteiger partial charge in [-0.05, 0) is 49.4 Å². The normalized spacial score (nSPS) is 21.7. The van der Waals surface area contributed by atoms with Crippen LogP contribution in [0.15, 0.2) is 36.4 Å². The maximum Gasteiger partial charge on any atom is 0.269 e.